The molecule has 9 nitrogen and oxygen atoms in total. The highest BCUT2D eigenvalue weighted by molar-refractivity contribution is 7.92. The smallest absolute Gasteiger partial charge is 0.455 e. The Bertz CT molecular complexity index is 859. The van der Waals surface area contributed by atoms with Gasteiger partial charge in [-0.3, -0.25) is 9.69 Å². The van der Waals surface area contributed by atoms with Crippen molar-refractivity contribution in [1.82, 2.24) is 4.90 Å². The highest BCUT2D eigenvalue weighted by atomic mass is 35.6. The van der Waals surface area contributed by atoms with Crippen LogP contribution in [0.2, 0.25) is 0 Å². The van der Waals surface area contributed by atoms with Crippen LogP contribution in [-0.4, -0.2) is 70.5 Å². The Balaban J connectivity index is 2.30. The minimum Gasteiger partial charge on any atom is -0.455 e. The van der Waals surface area contributed by atoms with E-state index in [1.807, 2.05) is 0 Å². The molecule has 0 unspecified atom stereocenters. The van der Waals surface area contributed by atoms with Gasteiger partial charge in [0, 0.05) is 5.57 Å². The lowest BCUT2D eigenvalue weighted by molar-refractivity contribution is -0.157. The number of carbonyl (C=O) groups excluding carboxylic acids is 3. The van der Waals surface area contributed by atoms with E-state index < -0.39 is 67.0 Å². The largest absolute Gasteiger partial charge is 0.508 e. The first-order valence-corrected chi connectivity index (χ1v) is 11.3. The van der Waals surface area contributed by atoms with Crippen molar-refractivity contribution in [3.05, 3.63) is 11.3 Å². The van der Waals surface area contributed by atoms with Crippen molar-refractivity contribution < 1.29 is 37.0 Å². The standard InChI is InChI=1S/C15H17Cl4NO8S/c1-14(2,3)28-12(22)9-7(4-26-13(23)27-6-15(17,18)19)5-29(24,25)11-8(16)10(21)20(9)11/h8,11H,4-6H2,1-3H3/t8-,11+/m0/s1. The van der Waals surface area contributed by atoms with Crippen LogP contribution < -0.4 is 0 Å². The molecule has 0 saturated carbocycles. The summed E-state index contributed by atoms with van der Waals surface area (Å²) in [6.45, 7) is 3.49. The number of carbonyl (C=O) groups is 3. The Morgan fingerprint density at radius 3 is 2.28 bits per heavy atom. The van der Waals surface area contributed by atoms with Crippen LogP contribution in [-0.2, 0) is 33.6 Å². The molecular weight excluding hydrogens is 496 g/mol. The first-order valence-electron chi connectivity index (χ1n) is 8.04. The van der Waals surface area contributed by atoms with Crippen LogP contribution in [0, 0.1) is 0 Å². The van der Waals surface area contributed by atoms with Crippen LogP contribution in [0.4, 0.5) is 4.79 Å². The van der Waals surface area contributed by atoms with Crippen LogP contribution in [0.5, 0.6) is 0 Å². The Hall–Kier alpha value is -0.940. The third kappa shape index (κ3) is 5.81. The summed E-state index contributed by atoms with van der Waals surface area (Å²) in [5, 5.41) is -2.73. The lowest BCUT2D eigenvalue weighted by atomic mass is 10.1. The number of halogens is 4. The predicted octanol–water partition coefficient (Wildman–Crippen LogP) is 2.31. The second kappa shape index (κ2) is 8.30. The summed E-state index contributed by atoms with van der Waals surface area (Å²) in [6, 6.07) is 0. The van der Waals surface area contributed by atoms with Crippen molar-refractivity contribution in [2.45, 2.75) is 40.9 Å². The van der Waals surface area contributed by atoms with E-state index in [4.69, 9.17) is 55.9 Å². The Kier molecular flexibility index (Phi) is 6.96. The van der Waals surface area contributed by atoms with E-state index in [-0.39, 0.29) is 11.3 Å². The van der Waals surface area contributed by atoms with Gasteiger partial charge >= 0.3 is 12.1 Å². The zero-order valence-electron chi connectivity index (χ0n) is 15.4. The minimum atomic E-state index is -3.94. The zero-order chi connectivity index (χ0) is 22.4. The first kappa shape index (κ1) is 24.3. The first-order chi connectivity index (χ1) is 13.0. The molecule has 14 heteroatoms. The molecule has 0 aromatic carbocycles. The molecule has 0 aromatic heterocycles. The van der Waals surface area contributed by atoms with Gasteiger partial charge in [0.15, 0.2) is 15.2 Å². The van der Waals surface area contributed by atoms with E-state index in [1.54, 1.807) is 20.8 Å². The molecular formula is C15H17Cl4NO8S. The van der Waals surface area contributed by atoms with E-state index >= 15 is 0 Å². The van der Waals surface area contributed by atoms with Gasteiger partial charge in [-0.15, -0.1) is 11.6 Å². The Labute approximate surface area is 187 Å². The fraction of sp³-hybridized carbons (Fsp3) is 0.667. The Morgan fingerprint density at radius 2 is 1.76 bits per heavy atom. The summed E-state index contributed by atoms with van der Waals surface area (Å²) in [5.74, 6) is -2.41. The summed E-state index contributed by atoms with van der Waals surface area (Å²) in [4.78, 5) is 37.2. The molecule has 2 aliphatic rings. The molecule has 29 heavy (non-hydrogen) atoms. The van der Waals surface area contributed by atoms with Crippen molar-refractivity contribution in [1.29, 1.82) is 0 Å². The van der Waals surface area contributed by atoms with Gasteiger partial charge in [-0.25, -0.2) is 18.0 Å². The number of nitrogens with zero attached hydrogens (tertiary/aromatic N) is 1. The number of rotatable bonds is 4. The van der Waals surface area contributed by atoms with Crippen molar-refractivity contribution in [2.24, 2.45) is 0 Å². The normalized spacial score (nSPS) is 23.8. The predicted molar refractivity (Wildman–Crippen MR) is 105 cm³/mol. The highest BCUT2D eigenvalue weighted by Crippen LogP contribution is 2.40. The van der Waals surface area contributed by atoms with Crippen molar-refractivity contribution in [3.63, 3.8) is 0 Å². The molecule has 0 spiro atoms. The lowest BCUT2D eigenvalue weighted by Gasteiger charge is -2.47. The van der Waals surface area contributed by atoms with Gasteiger partial charge in [-0.2, -0.15) is 0 Å². The van der Waals surface area contributed by atoms with Gasteiger partial charge in [0.1, 0.15) is 29.9 Å². The fourth-order valence-corrected chi connectivity index (χ4v) is 5.32. The molecule has 1 saturated heterocycles. The maximum Gasteiger partial charge on any atom is 0.508 e. The number of β-lactam (4-membered cyclic amide) rings is 1. The number of fused-ring (bicyclic) bond motifs is 1. The van der Waals surface area contributed by atoms with Gasteiger partial charge in [0.25, 0.3) is 0 Å². The van der Waals surface area contributed by atoms with E-state index in [0.29, 0.717) is 0 Å². The fourth-order valence-electron chi connectivity index (χ4n) is 2.58. The van der Waals surface area contributed by atoms with Crippen LogP contribution in [0.1, 0.15) is 20.8 Å². The number of hydrogen-bond acceptors (Lipinski definition) is 8. The van der Waals surface area contributed by atoms with E-state index in [0.717, 1.165) is 4.90 Å². The maximum atomic E-state index is 12.6. The molecule has 1 fully saturated rings. The molecule has 164 valence electrons. The molecule has 0 aromatic rings. The summed E-state index contributed by atoms with van der Waals surface area (Å²) in [6.07, 6.45) is -1.27. The second-order valence-electron chi connectivity index (χ2n) is 7.20. The van der Waals surface area contributed by atoms with Crippen LogP contribution in [0.15, 0.2) is 11.3 Å². The average Bonchev–Trinajstić information content (AvgIpc) is 2.53. The summed E-state index contributed by atoms with van der Waals surface area (Å²) >= 11 is 22.2. The molecule has 0 N–H and O–H groups in total. The number of alkyl halides is 4. The molecule has 2 heterocycles. The van der Waals surface area contributed by atoms with Gasteiger partial charge in [0.2, 0.25) is 9.70 Å². The second-order valence-corrected chi connectivity index (χ2v) is 12.3. The molecule has 0 radical (unpaired) electrons. The Morgan fingerprint density at radius 1 is 1.17 bits per heavy atom. The van der Waals surface area contributed by atoms with Crippen LogP contribution in [0.3, 0.4) is 0 Å². The average molecular weight is 513 g/mol. The number of ether oxygens (including phenoxy) is 3. The molecule has 2 atom stereocenters. The third-order valence-corrected chi connectivity index (χ3v) is 6.48. The maximum absolute atomic E-state index is 12.6. The van der Waals surface area contributed by atoms with Crippen molar-refractivity contribution in [3.8, 4) is 0 Å². The zero-order valence-corrected chi connectivity index (χ0v) is 19.2. The summed E-state index contributed by atoms with van der Waals surface area (Å²) in [5.41, 5.74) is -1.44. The van der Waals surface area contributed by atoms with Gasteiger partial charge in [-0.1, -0.05) is 34.8 Å². The van der Waals surface area contributed by atoms with E-state index in [2.05, 4.69) is 4.74 Å². The van der Waals surface area contributed by atoms with Gasteiger partial charge in [-0.05, 0) is 20.8 Å². The molecule has 0 aliphatic carbocycles. The number of amides is 1. The third-order valence-electron chi connectivity index (χ3n) is 3.61. The van der Waals surface area contributed by atoms with E-state index in [1.165, 1.54) is 0 Å². The van der Waals surface area contributed by atoms with Crippen LogP contribution >= 0.6 is 46.4 Å². The van der Waals surface area contributed by atoms with Crippen molar-refractivity contribution in [2.75, 3.05) is 19.0 Å². The molecule has 1 amide bonds. The molecule has 2 aliphatic heterocycles. The topological polar surface area (TPSA) is 116 Å². The molecule has 0 bridgehead atoms. The summed E-state index contributed by atoms with van der Waals surface area (Å²) in [7, 11) is -3.94. The number of esters is 1. The minimum absolute atomic E-state index is 0.168. The van der Waals surface area contributed by atoms with Crippen molar-refractivity contribution >= 4 is 74.3 Å². The number of sulfone groups is 1. The lowest BCUT2D eigenvalue weighted by Crippen LogP contribution is -2.68. The quantitative estimate of drug-likeness (QED) is 0.320. The SMILES string of the molecule is CC(C)(C)OC(=O)C1=C(COC(=O)OCC(Cl)(Cl)Cl)CS(=O)(=O)[C@@H]2[C@@H](Cl)C(=O)N12. The van der Waals surface area contributed by atoms with Gasteiger partial charge < -0.3 is 14.2 Å². The molecule has 2 rings (SSSR count). The monoisotopic (exact) mass is 511 g/mol. The summed E-state index contributed by atoms with van der Waals surface area (Å²) < 4.78 is 37.7. The van der Waals surface area contributed by atoms with E-state index in [9.17, 15) is 22.8 Å². The highest BCUT2D eigenvalue weighted by Gasteiger charge is 2.59. The number of hydrogen-bond donors (Lipinski definition) is 0. The van der Waals surface area contributed by atoms with Crippen LogP contribution in [0.25, 0.3) is 0 Å². The van der Waals surface area contributed by atoms with Gasteiger partial charge in [0.05, 0.1) is 5.75 Å².